The van der Waals surface area contributed by atoms with Crippen molar-refractivity contribution in [3.8, 4) is 11.8 Å². The first kappa shape index (κ1) is 15.3. The zero-order valence-corrected chi connectivity index (χ0v) is 13.8. The van der Waals surface area contributed by atoms with Crippen molar-refractivity contribution in [3.63, 3.8) is 0 Å². The predicted octanol–water partition coefficient (Wildman–Crippen LogP) is 2.94. The Morgan fingerprint density at radius 1 is 1.24 bits per heavy atom. The van der Waals surface area contributed by atoms with Crippen LogP contribution in [0.3, 0.4) is 0 Å². The Morgan fingerprint density at radius 3 is 2.96 bits per heavy atom. The second-order valence-electron chi connectivity index (χ2n) is 6.18. The van der Waals surface area contributed by atoms with Crippen molar-refractivity contribution in [2.45, 2.75) is 19.4 Å². The van der Waals surface area contributed by atoms with Crippen molar-refractivity contribution in [2.75, 3.05) is 0 Å². The molecule has 1 atom stereocenters. The zero-order valence-electron chi connectivity index (χ0n) is 13.8. The summed E-state index contributed by atoms with van der Waals surface area (Å²) in [7, 11) is 0. The van der Waals surface area contributed by atoms with E-state index >= 15 is 0 Å². The van der Waals surface area contributed by atoms with Crippen molar-refractivity contribution in [1.29, 1.82) is 0 Å². The van der Waals surface area contributed by atoms with Gasteiger partial charge in [-0.3, -0.25) is 9.36 Å². The molecule has 0 fully saturated rings. The fourth-order valence-corrected chi connectivity index (χ4v) is 3.13. The Hall–Kier alpha value is -3.19. The minimum absolute atomic E-state index is 0.0239. The van der Waals surface area contributed by atoms with E-state index < -0.39 is 0 Å². The number of hydrogen-bond donors (Lipinski definition) is 0. The molecule has 1 aliphatic heterocycles. The monoisotopic (exact) mass is 327 g/mol. The quantitative estimate of drug-likeness (QED) is 0.510. The number of rotatable bonds is 1. The van der Waals surface area contributed by atoms with Crippen molar-refractivity contribution in [3.05, 3.63) is 82.7 Å². The van der Waals surface area contributed by atoms with Crippen molar-refractivity contribution in [2.24, 2.45) is 5.92 Å². The van der Waals surface area contributed by atoms with Crippen LogP contribution in [0.25, 0.3) is 10.9 Å². The number of benzene rings is 1. The van der Waals surface area contributed by atoms with Crippen LogP contribution in [-0.2, 0) is 13.0 Å². The summed E-state index contributed by atoms with van der Waals surface area (Å²) in [5.41, 5.74) is 2.28. The molecule has 25 heavy (non-hydrogen) atoms. The minimum Gasteiger partial charge on any atom is -0.296 e. The molecule has 0 aliphatic carbocycles. The summed E-state index contributed by atoms with van der Waals surface area (Å²) in [4.78, 5) is 21.7. The van der Waals surface area contributed by atoms with E-state index in [-0.39, 0.29) is 5.56 Å². The molecule has 2 aromatic heterocycles. The Labute approximate surface area is 145 Å². The summed E-state index contributed by atoms with van der Waals surface area (Å²) in [5.74, 6) is 7.32. The Kier molecular flexibility index (Phi) is 3.91. The van der Waals surface area contributed by atoms with Gasteiger partial charge in [0.2, 0.25) is 0 Å². The number of allylic oxidation sites excluding steroid dienone is 1. The summed E-state index contributed by atoms with van der Waals surface area (Å²) in [6, 6.07) is 11.2. The molecule has 0 N–H and O–H groups in total. The number of aryl methyl sites for hydroxylation is 1. The average Bonchev–Trinajstić information content (AvgIpc) is 2.67. The lowest BCUT2D eigenvalue weighted by Gasteiger charge is -2.23. The molecule has 1 unspecified atom stereocenters. The van der Waals surface area contributed by atoms with E-state index in [1.807, 2.05) is 42.5 Å². The minimum atomic E-state index is 0.0239. The van der Waals surface area contributed by atoms with Gasteiger partial charge in [-0.05, 0) is 48.6 Å². The number of fused-ring (bicyclic) bond motifs is 2. The van der Waals surface area contributed by atoms with Gasteiger partial charge in [-0.2, -0.15) is 0 Å². The largest absolute Gasteiger partial charge is 0.296 e. The van der Waals surface area contributed by atoms with E-state index in [0.717, 1.165) is 29.9 Å². The summed E-state index contributed by atoms with van der Waals surface area (Å²) < 4.78 is 1.79. The van der Waals surface area contributed by atoms with Crippen LogP contribution < -0.4 is 5.56 Å². The number of hydrogen-bond acceptors (Lipinski definition) is 3. The van der Waals surface area contributed by atoms with Gasteiger partial charge in [-0.15, -0.1) is 6.58 Å². The Bertz CT molecular complexity index is 1070. The molecule has 122 valence electrons. The lowest BCUT2D eigenvalue weighted by Crippen LogP contribution is -2.32. The summed E-state index contributed by atoms with van der Waals surface area (Å²) in [5, 5.41) is 0.636. The van der Waals surface area contributed by atoms with E-state index in [0.29, 0.717) is 23.4 Å². The second kappa shape index (κ2) is 6.37. The first-order valence-corrected chi connectivity index (χ1v) is 8.33. The summed E-state index contributed by atoms with van der Waals surface area (Å²) >= 11 is 0. The van der Waals surface area contributed by atoms with Crippen LogP contribution in [0, 0.1) is 17.8 Å². The Morgan fingerprint density at radius 2 is 2.16 bits per heavy atom. The third-order valence-electron chi connectivity index (χ3n) is 4.52. The standard InChI is InChI=1S/C21H17N3O/c1-2-15-8-11-20-23-19-13-16(6-9-17-5-3-4-12-22-17)7-10-18(19)21(25)24(20)14-15/h2-5,7,10,12-13,15H,1,8,11,14H2. The van der Waals surface area contributed by atoms with E-state index in [4.69, 9.17) is 4.98 Å². The third-order valence-corrected chi connectivity index (χ3v) is 4.52. The highest BCUT2D eigenvalue weighted by Crippen LogP contribution is 2.20. The number of aromatic nitrogens is 3. The first-order valence-electron chi connectivity index (χ1n) is 8.33. The highest BCUT2D eigenvalue weighted by molar-refractivity contribution is 5.79. The Balaban J connectivity index is 1.76. The van der Waals surface area contributed by atoms with E-state index in [9.17, 15) is 4.79 Å². The topological polar surface area (TPSA) is 47.8 Å². The highest BCUT2D eigenvalue weighted by Gasteiger charge is 2.19. The van der Waals surface area contributed by atoms with Gasteiger partial charge in [0.15, 0.2) is 0 Å². The molecule has 0 spiro atoms. The van der Waals surface area contributed by atoms with Gasteiger partial charge in [0.1, 0.15) is 11.5 Å². The van der Waals surface area contributed by atoms with Crippen LogP contribution in [0.2, 0.25) is 0 Å². The van der Waals surface area contributed by atoms with Crippen molar-refractivity contribution < 1.29 is 0 Å². The summed E-state index contributed by atoms with van der Waals surface area (Å²) in [6.45, 7) is 4.52. The normalized spacial score (nSPS) is 15.9. The van der Waals surface area contributed by atoms with Gasteiger partial charge in [-0.25, -0.2) is 9.97 Å². The van der Waals surface area contributed by atoms with Crippen molar-refractivity contribution >= 4 is 10.9 Å². The van der Waals surface area contributed by atoms with Gasteiger partial charge in [-0.1, -0.05) is 18.1 Å². The molecule has 1 aliphatic rings. The van der Waals surface area contributed by atoms with Gasteiger partial charge in [0.25, 0.3) is 5.56 Å². The maximum atomic E-state index is 12.8. The van der Waals surface area contributed by atoms with E-state index in [1.54, 1.807) is 10.8 Å². The molecule has 3 heterocycles. The maximum Gasteiger partial charge on any atom is 0.261 e. The van der Waals surface area contributed by atoms with Crippen LogP contribution in [0.4, 0.5) is 0 Å². The molecule has 0 saturated heterocycles. The third kappa shape index (κ3) is 2.97. The van der Waals surface area contributed by atoms with Crippen LogP contribution in [0.5, 0.6) is 0 Å². The maximum absolute atomic E-state index is 12.8. The molecule has 1 aromatic carbocycles. The molecular weight excluding hydrogens is 310 g/mol. The highest BCUT2D eigenvalue weighted by atomic mass is 16.1. The summed E-state index contributed by atoms with van der Waals surface area (Å²) in [6.07, 6.45) is 5.43. The van der Waals surface area contributed by atoms with Crippen LogP contribution in [-0.4, -0.2) is 14.5 Å². The van der Waals surface area contributed by atoms with E-state index in [1.165, 1.54) is 0 Å². The van der Waals surface area contributed by atoms with Crippen LogP contribution in [0.1, 0.15) is 23.5 Å². The smallest absolute Gasteiger partial charge is 0.261 e. The second-order valence-corrected chi connectivity index (χ2v) is 6.18. The van der Waals surface area contributed by atoms with Gasteiger partial charge < -0.3 is 0 Å². The molecule has 0 radical (unpaired) electrons. The predicted molar refractivity (Wildman–Crippen MR) is 98.2 cm³/mol. The molecule has 4 rings (SSSR count). The van der Waals surface area contributed by atoms with Gasteiger partial charge in [0.05, 0.1) is 10.9 Å². The molecule has 0 bridgehead atoms. The SMILES string of the molecule is C=CC1CCc2nc3cc(C#Cc4ccccn4)ccc3c(=O)n2C1. The molecule has 3 aromatic rings. The lowest BCUT2D eigenvalue weighted by atomic mass is 9.99. The fraction of sp³-hybridized carbons (Fsp3) is 0.190. The number of pyridine rings is 1. The van der Waals surface area contributed by atoms with E-state index in [2.05, 4.69) is 23.4 Å². The van der Waals surface area contributed by atoms with Gasteiger partial charge >= 0.3 is 0 Å². The zero-order chi connectivity index (χ0) is 17.2. The van der Waals surface area contributed by atoms with Gasteiger partial charge in [0, 0.05) is 24.7 Å². The molecule has 0 amide bonds. The number of nitrogens with zero attached hydrogens (tertiary/aromatic N) is 3. The molecule has 0 saturated carbocycles. The molecular formula is C21H17N3O. The van der Waals surface area contributed by atoms with Crippen molar-refractivity contribution in [1.82, 2.24) is 14.5 Å². The lowest BCUT2D eigenvalue weighted by molar-refractivity contribution is 0.416. The molecule has 4 nitrogen and oxygen atoms in total. The van der Waals surface area contributed by atoms with Crippen LogP contribution >= 0.6 is 0 Å². The molecule has 4 heteroatoms. The fourth-order valence-electron chi connectivity index (χ4n) is 3.13. The average molecular weight is 327 g/mol. The first-order chi connectivity index (χ1) is 12.2. The van der Waals surface area contributed by atoms with Crippen LogP contribution in [0.15, 0.2) is 60.0 Å².